The van der Waals surface area contributed by atoms with E-state index in [0.29, 0.717) is 26.2 Å². The summed E-state index contributed by atoms with van der Waals surface area (Å²) < 4.78 is 33.1. The maximum Gasteiger partial charge on any atom is 0.251 e. The highest BCUT2D eigenvalue weighted by Crippen LogP contribution is 2.27. The minimum atomic E-state index is -3.74. The van der Waals surface area contributed by atoms with Crippen LogP contribution in [0.2, 0.25) is 5.02 Å². The van der Waals surface area contributed by atoms with Crippen molar-refractivity contribution >= 4 is 27.5 Å². The molecule has 0 aromatic heterocycles. The van der Waals surface area contributed by atoms with Crippen molar-refractivity contribution in [2.45, 2.75) is 44.0 Å². The molecule has 2 aromatic carbocycles. The van der Waals surface area contributed by atoms with Gasteiger partial charge in [0.25, 0.3) is 5.91 Å². The summed E-state index contributed by atoms with van der Waals surface area (Å²) in [6.45, 7) is 3.79. The van der Waals surface area contributed by atoms with Gasteiger partial charge in [-0.25, -0.2) is 8.42 Å². The van der Waals surface area contributed by atoms with E-state index in [2.05, 4.69) is 5.32 Å². The Morgan fingerprint density at radius 2 is 1.73 bits per heavy atom. The third kappa shape index (κ3) is 5.53. The highest BCUT2D eigenvalue weighted by Gasteiger charge is 2.28. The molecular weight excluding hydrogens is 424 g/mol. The Hall–Kier alpha value is -2.09. The molecule has 1 N–H and O–H groups in total. The lowest BCUT2D eigenvalue weighted by atomic mass is 10.2. The molecule has 0 unspecified atom stereocenters. The highest BCUT2D eigenvalue weighted by atomic mass is 35.5. The molecule has 1 aliphatic heterocycles. The fraction of sp³-hybridized carbons (Fsp3) is 0.409. The molecule has 8 heteroatoms. The van der Waals surface area contributed by atoms with Gasteiger partial charge in [-0.3, -0.25) is 4.79 Å². The number of ether oxygens (including phenoxy) is 1. The second-order valence-electron chi connectivity index (χ2n) is 7.22. The van der Waals surface area contributed by atoms with Gasteiger partial charge in [-0.2, -0.15) is 4.31 Å². The standard InChI is InChI=1S/C22H27ClN2O4S/c1-2-29-19-10-7-17(8-11-19)16-24-22(26)18-9-12-20(23)21(15-18)30(27,28)25-13-5-3-4-6-14-25/h7-12,15H,2-6,13-14,16H2,1H3,(H,24,26). The Morgan fingerprint density at radius 1 is 1.07 bits per heavy atom. The third-order valence-corrected chi connectivity index (χ3v) is 7.44. The van der Waals surface area contributed by atoms with Gasteiger partial charge in [0.05, 0.1) is 11.6 Å². The van der Waals surface area contributed by atoms with E-state index in [1.165, 1.54) is 22.5 Å². The summed E-state index contributed by atoms with van der Waals surface area (Å²) in [6.07, 6.45) is 3.71. The highest BCUT2D eigenvalue weighted by molar-refractivity contribution is 7.89. The van der Waals surface area contributed by atoms with Crippen LogP contribution < -0.4 is 10.1 Å². The molecule has 2 aromatic rings. The second kappa shape index (κ2) is 10.3. The minimum absolute atomic E-state index is 0.0141. The van der Waals surface area contributed by atoms with Crippen LogP contribution in [0.3, 0.4) is 0 Å². The molecule has 1 amide bonds. The summed E-state index contributed by atoms with van der Waals surface area (Å²) in [5, 5.41) is 2.95. The Morgan fingerprint density at radius 3 is 2.37 bits per heavy atom. The zero-order valence-electron chi connectivity index (χ0n) is 17.1. The summed E-state index contributed by atoms with van der Waals surface area (Å²) in [7, 11) is -3.74. The van der Waals surface area contributed by atoms with Crippen molar-refractivity contribution in [3.63, 3.8) is 0 Å². The first-order valence-corrected chi connectivity index (χ1v) is 12.0. The van der Waals surface area contributed by atoms with Crippen molar-refractivity contribution in [2.24, 2.45) is 0 Å². The zero-order valence-corrected chi connectivity index (χ0v) is 18.6. The molecule has 30 heavy (non-hydrogen) atoms. The molecule has 0 spiro atoms. The van der Waals surface area contributed by atoms with Gasteiger partial charge in [-0.15, -0.1) is 0 Å². The van der Waals surface area contributed by atoms with Crippen molar-refractivity contribution in [1.29, 1.82) is 0 Å². The van der Waals surface area contributed by atoms with Crippen molar-refractivity contribution in [1.82, 2.24) is 9.62 Å². The largest absolute Gasteiger partial charge is 0.494 e. The number of halogens is 1. The molecule has 3 rings (SSSR count). The smallest absolute Gasteiger partial charge is 0.251 e. The first-order valence-electron chi connectivity index (χ1n) is 10.2. The van der Waals surface area contributed by atoms with Crippen LogP contribution in [0.1, 0.15) is 48.5 Å². The van der Waals surface area contributed by atoms with E-state index in [4.69, 9.17) is 16.3 Å². The van der Waals surface area contributed by atoms with Crippen LogP contribution in [0.4, 0.5) is 0 Å². The topological polar surface area (TPSA) is 75.7 Å². The van der Waals surface area contributed by atoms with E-state index in [-0.39, 0.29) is 21.4 Å². The van der Waals surface area contributed by atoms with Gasteiger partial charge < -0.3 is 10.1 Å². The van der Waals surface area contributed by atoms with E-state index in [0.717, 1.165) is 37.0 Å². The van der Waals surface area contributed by atoms with E-state index in [9.17, 15) is 13.2 Å². The molecule has 162 valence electrons. The Balaban J connectivity index is 1.72. The van der Waals surface area contributed by atoms with E-state index >= 15 is 0 Å². The monoisotopic (exact) mass is 450 g/mol. The number of amides is 1. The molecule has 0 atom stereocenters. The van der Waals surface area contributed by atoms with E-state index in [1.54, 1.807) is 0 Å². The van der Waals surface area contributed by atoms with E-state index in [1.807, 2.05) is 31.2 Å². The van der Waals surface area contributed by atoms with Crippen LogP contribution in [0.25, 0.3) is 0 Å². The number of sulfonamides is 1. The van der Waals surface area contributed by atoms with Gasteiger partial charge in [0.2, 0.25) is 10.0 Å². The number of hydrogen-bond donors (Lipinski definition) is 1. The molecule has 0 radical (unpaired) electrons. The molecule has 0 bridgehead atoms. The first-order chi connectivity index (χ1) is 14.4. The molecule has 1 heterocycles. The van der Waals surface area contributed by atoms with Crippen LogP contribution in [-0.2, 0) is 16.6 Å². The van der Waals surface area contributed by atoms with Crippen LogP contribution in [0, 0.1) is 0 Å². The Kier molecular flexibility index (Phi) is 7.75. The average molecular weight is 451 g/mol. The molecule has 1 aliphatic rings. The number of rotatable bonds is 7. The molecular formula is C22H27ClN2O4S. The third-order valence-electron chi connectivity index (χ3n) is 5.06. The SMILES string of the molecule is CCOc1ccc(CNC(=O)c2ccc(Cl)c(S(=O)(=O)N3CCCCCC3)c2)cc1. The number of carbonyl (C=O) groups excluding carboxylic acids is 1. The zero-order chi connectivity index (χ0) is 21.6. The summed E-state index contributed by atoms with van der Waals surface area (Å²) in [5.74, 6) is 0.418. The number of carbonyl (C=O) groups is 1. The lowest BCUT2D eigenvalue weighted by molar-refractivity contribution is 0.0950. The van der Waals surface area contributed by atoms with Gasteiger partial charge in [-0.1, -0.05) is 36.6 Å². The maximum absolute atomic E-state index is 13.1. The lowest BCUT2D eigenvalue weighted by Crippen LogP contribution is -2.32. The van der Waals surface area contributed by atoms with Gasteiger partial charge in [0.1, 0.15) is 10.6 Å². The molecule has 1 saturated heterocycles. The molecule has 1 fully saturated rings. The average Bonchev–Trinajstić information content (AvgIpc) is 3.04. The summed E-state index contributed by atoms with van der Waals surface area (Å²) >= 11 is 6.21. The normalized spacial score (nSPS) is 15.4. The predicted octanol–water partition coefficient (Wildman–Crippen LogP) is 4.23. The molecule has 0 aliphatic carbocycles. The quantitative estimate of drug-likeness (QED) is 0.684. The van der Waals surface area contributed by atoms with Gasteiger partial charge in [-0.05, 0) is 55.7 Å². The van der Waals surface area contributed by atoms with Crippen LogP contribution in [-0.4, -0.2) is 38.3 Å². The van der Waals surface area contributed by atoms with Crippen LogP contribution in [0.15, 0.2) is 47.4 Å². The van der Waals surface area contributed by atoms with Gasteiger partial charge >= 0.3 is 0 Å². The number of nitrogens with zero attached hydrogens (tertiary/aromatic N) is 1. The number of nitrogens with one attached hydrogen (secondary N) is 1. The molecule has 6 nitrogen and oxygen atoms in total. The minimum Gasteiger partial charge on any atom is -0.494 e. The maximum atomic E-state index is 13.1. The Bertz CT molecular complexity index is 969. The number of benzene rings is 2. The van der Waals surface area contributed by atoms with Crippen molar-refractivity contribution in [3.8, 4) is 5.75 Å². The first kappa shape index (κ1) is 22.6. The van der Waals surface area contributed by atoms with Crippen LogP contribution >= 0.6 is 11.6 Å². The lowest BCUT2D eigenvalue weighted by Gasteiger charge is -2.21. The fourth-order valence-corrected chi connectivity index (χ4v) is 5.44. The van der Waals surface area contributed by atoms with Crippen molar-refractivity contribution in [2.75, 3.05) is 19.7 Å². The van der Waals surface area contributed by atoms with Gasteiger partial charge in [0, 0.05) is 25.2 Å². The summed E-state index contributed by atoms with van der Waals surface area (Å²) in [4.78, 5) is 12.6. The molecule has 0 saturated carbocycles. The Labute approximate surface area is 183 Å². The van der Waals surface area contributed by atoms with Crippen LogP contribution in [0.5, 0.6) is 5.75 Å². The van der Waals surface area contributed by atoms with Gasteiger partial charge in [0.15, 0.2) is 0 Å². The summed E-state index contributed by atoms with van der Waals surface area (Å²) in [6, 6.07) is 11.8. The second-order valence-corrected chi connectivity index (χ2v) is 9.54. The van der Waals surface area contributed by atoms with Crippen molar-refractivity contribution < 1.29 is 17.9 Å². The van der Waals surface area contributed by atoms with E-state index < -0.39 is 10.0 Å². The number of hydrogen-bond acceptors (Lipinski definition) is 4. The van der Waals surface area contributed by atoms with Crippen molar-refractivity contribution in [3.05, 3.63) is 58.6 Å². The fourth-order valence-electron chi connectivity index (χ4n) is 3.42. The predicted molar refractivity (Wildman–Crippen MR) is 117 cm³/mol. The summed E-state index contributed by atoms with van der Waals surface area (Å²) in [5.41, 5.74) is 1.18.